The van der Waals surface area contributed by atoms with Crippen molar-refractivity contribution in [2.75, 3.05) is 36.3 Å². The highest BCUT2D eigenvalue weighted by molar-refractivity contribution is 5.96. The quantitative estimate of drug-likeness (QED) is 0.832. The maximum atomic E-state index is 12.9. The Morgan fingerprint density at radius 3 is 2.31 bits per heavy atom. The molecule has 2 unspecified atom stereocenters. The summed E-state index contributed by atoms with van der Waals surface area (Å²) in [4.78, 5) is 16.9. The molecule has 2 heterocycles. The minimum atomic E-state index is -0.106. The Morgan fingerprint density at radius 2 is 1.73 bits per heavy atom. The first-order valence-electron chi connectivity index (χ1n) is 9.69. The summed E-state index contributed by atoms with van der Waals surface area (Å²) in [7, 11) is 0. The van der Waals surface area contributed by atoms with E-state index in [1.165, 1.54) is 6.07 Å². The number of amides is 1. The van der Waals surface area contributed by atoms with E-state index < -0.39 is 0 Å². The third-order valence-electron chi connectivity index (χ3n) is 5.71. The molecule has 2 fully saturated rings. The smallest absolute Gasteiger partial charge is 0.253 e. The molecular weight excluding hydrogens is 330 g/mol. The lowest BCUT2D eigenvalue weighted by Crippen LogP contribution is -2.42. The summed E-state index contributed by atoms with van der Waals surface area (Å²) in [5.41, 5.74) is 1.32. The van der Waals surface area contributed by atoms with E-state index in [0.717, 1.165) is 45.4 Å². The number of anilines is 2. The molecule has 0 aromatic heterocycles. The van der Waals surface area contributed by atoms with Gasteiger partial charge < -0.3 is 20.2 Å². The first kappa shape index (κ1) is 19.0. The van der Waals surface area contributed by atoms with Crippen molar-refractivity contribution in [3.63, 3.8) is 0 Å². The van der Waals surface area contributed by atoms with Crippen LogP contribution >= 0.6 is 0 Å². The van der Waals surface area contributed by atoms with Crippen molar-refractivity contribution in [2.24, 2.45) is 17.8 Å². The average Bonchev–Trinajstić information content (AvgIpc) is 2.60. The van der Waals surface area contributed by atoms with Crippen LogP contribution in [0.2, 0.25) is 0 Å². The lowest BCUT2D eigenvalue weighted by atomic mass is 9.91. The highest BCUT2D eigenvalue weighted by Crippen LogP contribution is 2.33. The fourth-order valence-electron chi connectivity index (χ4n) is 4.34. The molecule has 0 spiro atoms. The standard InChI is InChI=1S/C20H30N3O3/c1-14-6-8-21(9-7-14)18-5-4-17(11-19(18)23(25)26)20(24)22-12-15(2)10-16(3)13-22/h4-5,11,14-16,25H,6-10,12-13H2,1-3H3/q-1. The predicted octanol–water partition coefficient (Wildman–Crippen LogP) is 3.73. The predicted molar refractivity (Wildman–Crippen MR) is 104 cm³/mol. The van der Waals surface area contributed by atoms with Crippen molar-refractivity contribution >= 4 is 17.3 Å². The Labute approximate surface area is 155 Å². The molecule has 26 heavy (non-hydrogen) atoms. The molecule has 1 aromatic rings. The molecular formula is C20H30N3O3-. The van der Waals surface area contributed by atoms with Gasteiger partial charge in [0.1, 0.15) is 0 Å². The van der Waals surface area contributed by atoms with Gasteiger partial charge in [0, 0.05) is 31.7 Å². The van der Waals surface area contributed by atoms with E-state index in [1.54, 1.807) is 12.1 Å². The number of piperidine rings is 2. The van der Waals surface area contributed by atoms with Crippen LogP contribution in [0.1, 0.15) is 50.4 Å². The lowest BCUT2D eigenvalue weighted by Gasteiger charge is -2.37. The molecule has 0 aliphatic carbocycles. The summed E-state index contributed by atoms with van der Waals surface area (Å²) in [5, 5.41) is 21.3. The second-order valence-corrected chi connectivity index (χ2v) is 8.30. The van der Waals surface area contributed by atoms with Crippen molar-refractivity contribution in [1.82, 2.24) is 4.90 Å². The number of nitrogens with zero attached hydrogens (tertiary/aromatic N) is 3. The van der Waals surface area contributed by atoms with Crippen LogP contribution in [0, 0.1) is 23.0 Å². The van der Waals surface area contributed by atoms with Gasteiger partial charge >= 0.3 is 0 Å². The highest BCUT2D eigenvalue weighted by Gasteiger charge is 2.27. The number of likely N-dealkylation sites (tertiary alicyclic amines) is 1. The molecule has 1 aromatic carbocycles. The van der Waals surface area contributed by atoms with E-state index in [4.69, 9.17) is 0 Å². The summed E-state index contributed by atoms with van der Waals surface area (Å²) in [5.74, 6) is 1.57. The number of carbonyl (C=O) groups excluding carboxylic acids is 1. The second kappa shape index (κ2) is 7.84. The van der Waals surface area contributed by atoms with Crippen molar-refractivity contribution in [1.29, 1.82) is 0 Å². The van der Waals surface area contributed by atoms with Crippen LogP contribution < -0.4 is 10.1 Å². The summed E-state index contributed by atoms with van der Waals surface area (Å²) in [6.07, 6.45) is 3.26. The topological polar surface area (TPSA) is 70.1 Å². The Bertz CT molecular complexity index is 631. The van der Waals surface area contributed by atoms with Crippen LogP contribution in [0.5, 0.6) is 0 Å². The maximum Gasteiger partial charge on any atom is 0.253 e. The van der Waals surface area contributed by atoms with Crippen LogP contribution in [0.3, 0.4) is 0 Å². The van der Waals surface area contributed by atoms with Crippen molar-refractivity contribution in [3.05, 3.63) is 29.0 Å². The van der Waals surface area contributed by atoms with Gasteiger partial charge in [0.25, 0.3) is 5.91 Å². The van der Waals surface area contributed by atoms with Gasteiger partial charge in [-0.15, -0.1) is 0 Å². The minimum absolute atomic E-state index is 0.0645. The highest BCUT2D eigenvalue weighted by atomic mass is 16.8. The molecule has 1 N–H and O–H groups in total. The second-order valence-electron chi connectivity index (χ2n) is 8.30. The van der Waals surface area contributed by atoms with Gasteiger partial charge in [0.05, 0.1) is 11.4 Å². The zero-order chi connectivity index (χ0) is 18.8. The van der Waals surface area contributed by atoms with E-state index in [9.17, 15) is 15.2 Å². The van der Waals surface area contributed by atoms with Crippen LogP contribution in [0.25, 0.3) is 0 Å². The third kappa shape index (κ3) is 4.13. The summed E-state index contributed by atoms with van der Waals surface area (Å²) in [6.45, 7) is 9.75. The minimum Gasteiger partial charge on any atom is -0.733 e. The SMILES string of the molecule is CC1CCN(c2ccc(C(=O)N3CC(C)CC(C)C3)cc2N([O-])O)CC1. The Morgan fingerprint density at radius 1 is 1.12 bits per heavy atom. The van der Waals surface area contributed by atoms with Crippen molar-refractivity contribution in [2.45, 2.75) is 40.0 Å². The lowest BCUT2D eigenvalue weighted by molar-refractivity contribution is 0.0623. The van der Waals surface area contributed by atoms with Crippen molar-refractivity contribution < 1.29 is 10.0 Å². The van der Waals surface area contributed by atoms with E-state index in [0.29, 0.717) is 29.0 Å². The Balaban J connectivity index is 1.83. The molecule has 2 atom stereocenters. The molecule has 144 valence electrons. The Hall–Kier alpha value is -1.79. The van der Waals surface area contributed by atoms with E-state index in [-0.39, 0.29) is 16.8 Å². The third-order valence-corrected chi connectivity index (χ3v) is 5.71. The van der Waals surface area contributed by atoms with Crippen LogP contribution in [0.15, 0.2) is 18.2 Å². The normalized spacial score (nSPS) is 24.7. The van der Waals surface area contributed by atoms with Gasteiger partial charge in [0.15, 0.2) is 0 Å². The molecule has 6 heteroatoms. The van der Waals surface area contributed by atoms with E-state index in [2.05, 4.69) is 25.7 Å². The summed E-state index contributed by atoms with van der Waals surface area (Å²) >= 11 is 0. The van der Waals surface area contributed by atoms with Gasteiger partial charge in [0.2, 0.25) is 0 Å². The zero-order valence-corrected chi connectivity index (χ0v) is 16.0. The van der Waals surface area contributed by atoms with E-state index in [1.807, 2.05) is 4.90 Å². The Kier molecular flexibility index (Phi) is 5.73. The van der Waals surface area contributed by atoms with Crippen LogP contribution in [-0.2, 0) is 0 Å². The molecule has 2 aliphatic rings. The first-order valence-corrected chi connectivity index (χ1v) is 9.69. The van der Waals surface area contributed by atoms with Gasteiger partial charge in [-0.3, -0.25) is 10.0 Å². The van der Waals surface area contributed by atoms with Crippen LogP contribution in [0.4, 0.5) is 11.4 Å². The average molecular weight is 360 g/mol. The summed E-state index contributed by atoms with van der Waals surface area (Å²) in [6, 6.07) is 5.12. The molecule has 0 saturated carbocycles. The van der Waals surface area contributed by atoms with E-state index >= 15 is 0 Å². The molecule has 2 saturated heterocycles. The monoisotopic (exact) mass is 360 g/mol. The first-order chi connectivity index (χ1) is 12.3. The van der Waals surface area contributed by atoms with Gasteiger partial charge in [-0.1, -0.05) is 20.8 Å². The summed E-state index contributed by atoms with van der Waals surface area (Å²) < 4.78 is 0. The maximum absolute atomic E-state index is 12.9. The van der Waals surface area contributed by atoms with Gasteiger partial charge in [-0.25, -0.2) is 0 Å². The number of rotatable bonds is 3. The van der Waals surface area contributed by atoms with Gasteiger partial charge in [-0.2, -0.15) is 0 Å². The molecule has 2 aliphatic heterocycles. The number of carbonyl (C=O) groups is 1. The van der Waals surface area contributed by atoms with Gasteiger partial charge in [-0.05, 0) is 55.2 Å². The number of hydrogen-bond donors (Lipinski definition) is 1. The number of hydrogen-bond acceptors (Lipinski definition) is 5. The molecule has 6 nitrogen and oxygen atoms in total. The molecule has 0 bridgehead atoms. The van der Waals surface area contributed by atoms with Crippen molar-refractivity contribution in [3.8, 4) is 0 Å². The molecule has 3 rings (SSSR count). The zero-order valence-electron chi connectivity index (χ0n) is 16.0. The molecule has 0 radical (unpaired) electrons. The molecule has 1 amide bonds. The number of benzene rings is 1. The van der Waals surface area contributed by atoms with Crippen LogP contribution in [-0.4, -0.2) is 42.2 Å². The fraction of sp³-hybridized carbons (Fsp3) is 0.650. The fourth-order valence-corrected chi connectivity index (χ4v) is 4.34. The largest absolute Gasteiger partial charge is 0.733 e.